The number of benzene rings is 1. The lowest BCUT2D eigenvalue weighted by atomic mass is 9.75. The predicted molar refractivity (Wildman–Crippen MR) is 120 cm³/mol. The topological polar surface area (TPSA) is 88.0 Å². The summed E-state index contributed by atoms with van der Waals surface area (Å²) in [6, 6.07) is 8.74. The quantitative estimate of drug-likeness (QED) is 0.599. The zero-order chi connectivity index (χ0) is 23.6. The first-order valence-corrected chi connectivity index (χ1v) is 11.0. The summed E-state index contributed by atoms with van der Waals surface area (Å²) in [5.74, 6) is -0.655. The molecule has 1 unspecified atom stereocenters. The van der Waals surface area contributed by atoms with Crippen LogP contribution in [0, 0.1) is 19.7 Å². The highest BCUT2D eigenvalue weighted by Gasteiger charge is 2.43. The van der Waals surface area contributed by atoms with Gasteiger partial charge in [-0.3, -0.25) is 4.79 Å². The Labute approximate surface area is 191 Å². The largest absolute Gasteiger partial charge is 0.387 e. The zero-order valence-electron chi connectivity index (χ0n) is 18.6. The van der Waals surface area contributed by atoms with E-state index in [4.69, 9.17) is 0 Å². The van der Waals surface area contributed by atoms with E-state index in [0.717, 1.165) is 0 Å². The molecule has 2 N–H and O–H groups in total. The summed E-state index contributed by atoms with van der Waals surface area (Å²) in [5.41, 5.74) is 0.505. The Morgan fingerprint density at radius 1 is 1.12 bits per heavy atom. The number of aryl methyl sites for hydroxylation is 1. The Kier molecular flexibility index (Phi) is 6.47. The van der Waals surface area contributed by atoms with E-state index >= 15 is 0 Å². The number of amides is 1. The smallest absolute Gasteiger partial charge is 0.271 e. The highest BCUT2D eigenvalue weighted by molar-refractivity contribution is 5.98. The van der Waals surface area contributed by atoms with Crippen LogP contribution in [0.3, 0.4) is 0 Å². The van der Waals surface area contributed by atoms with Crippen molar-refractivity contribution >= 4 is 5.91 Å². The first kappa shape index (κ1) is 22.9. The van der Waals surface area contributed by atoms with Gasteiger partial charge in [-0.05, 0) is 74.9 Å². The molecule has 0 saturated heterocycles. The second-order valence-electron chi connectivity index (χ2n) is 8.56. The number of carbonyl (C=O) groups is 1. The lowest BCUT2D eigenvalue weighted by Crippen LogP contribution is -2.49. The molecular weight excluding hydrogens is 426 g/mol. The Balaban J connectivity index is 1.75. The molecule has 3 aromatic rings. The van der Waals surface area contributed by atoms with Crippen molar-refractivity contribution in [3.63, 3.8) is 0 Å². The summed E-state index contributed by atoms with van der Waals surface area (Å²) < 4.78 is 28.3. The van der Waals surface area contributed by atoms with Crippen LogP contribution in [0.25, 0.3) is 11.4 Å². The molecule has 1 aliphatic rings. The van der Waals surface area contributed by atoms with Crippen LogP contribution in [0.4, 0.5) is 8.78 Å². The molecule has 0 radical (unpaired) electrons. The van der Waals surface area contributed by atoms with E-state index in [0.29, 0.717) is 28.2 Å². The number of aromatic nitrogens is 3. The van der Waals surface area contributed by atoms with Crippen molar-refractivity contribution in [1.82, 2.24) is 20.3 Å². The van der Waals surface area contributed by atoms with Gasteiger partial charge >= 0.3 is 0 Å². The lowest BCUT2D eigenvalue weighted by molar-refractivity contribution is -0.0448. The number of hydrogen-bond acceptors (Lipinski definition) is 5. The van der Waals surface area contributed by atoms with Gasteiger partial charge in [-0.1, -0.05) is 12.1 Å². The summed E-state index contributed by atoms with van der Waals surface area (Å²) >= 11 is 0. The van der Waals surface area contributed by atoms with Crippen LogP contribution in [0.5, 0.6) is 0 Å². The fraction of sp³-hybridized carbons (Fsp3) is 0.360. The maximum atomic E-state index is 14.4. The first-order chi connectivity index (χ1) is 15.8. The van der Waals surface area contributed by atoms with Crippen molar-refractivity contribution < 1.29 is 18.7 Å². The normalized spacial score (nSPS) is 21.4. The van der Waals surface area contributed by atoms with Crippen molar-refractivity contribution in [2.75, 3.05) is 0 Å². The number of rotatable bonds is 5. The molecule has 4 rings (SSSR count). The monoisotopic (exact) mass is 452 g/mol. The van der Waals surface area contributed by atoms with Crippen LogP contribution >= 0.6 is 0 Å². The minimum atomic E-state index is -1.43. The van der Waals surface area contributed by atoms with Gasteiger partial charge in [0.1, 0.15) is 17.7 Å². The van der Waals surface area contributed by atoms with Gasteiger partial charge in [0.15, 0.2) is 5.82 Å². The van der Waals surface area contributed by atoms with Crippen LogP contribution in [0.2, 0.25) is 0 Å². The highest BCUT2D eigenvalue weighted by atomic mass is 19.1. The van der Waals surface area contributed by atoms with Gasteiger partial charge < -0.3 is 10.4 Å². The average molecular weight is 453 g/mol. The molecule has 1 fully saturated rings. The fourth-order valence-corrected chi connectivity index (χ4v) is 4.36. The summed E-state index contributed by atoms with van der Waals surface area (Å²) in [4.78, 5) is 26.4. The maximum absolute atomic E-state index is 14.4. The fourth-order valence-electron chi connectivity index (χ4n) is 4.36. The SMILES string of the molecule is Cc1ccc(-c2ncccn2)c(C(=O)NC(c2cccc(F)c2C)C2(O)CCC(F)CC2)n1. The van der Waals surface area contributed by atoms with Gasteiger partial charge in [-0.2, -0.15) is 0 Å². The van der Waals surface area contributed by atoms with Gasteiger partial charge in [-0.15, -0.1) is 0 Å². The molecular formula is C25H26F2N4O2. The number of nitrogens with one attached hydrogen (secondary N) is 1. The van der Waals surface area contributed by atoms with Gasteiger partial charge in [0.05, 0.1) is 17.2 Å². The van der Waals surface area contributed by atoms with Crippen LogP contribution in [0.15, 0.2) is 48.8 Å². The van der Waals surface area contributed by atoms with Gasteiger partial charge in [0, 0.05) is 18.1 Å². The summed E-state index contributed by atoms with van der Waals surface area (Å²) in [7, 11) is 0. The summed E-state index contributed by atoms with van der Waals surface area (Å²) in [6.45, 7) is 3.36. The Morgan fingerprint density at radius 2 is 1.82 bits per heavy atom. The van der Waals surface area contributed by atoms with Gasteiger partial charge in [-0.25, -0.2) is 23.7 Å². The first-order valence-electron chi connectivity index (χ1n) is 11.0. The molecule has 2 heterocycles. The van der Waals surface area contributed by atoms with Crippen LogP contribution in [0.1, 0.15) is 59.0 Å². The van der Waals surface area contributed by atoms with Crippen molar-refractivity contribution in [2.24, 2.45) is 0 Å². The second kappa shape index (κ2) is 9.31. The lowest BCUT2D eigenvalue weighted by Gasteiger charge is -2.41. The number of pyridine rings is 1. The third-order valence-electron chi connectivity index (χ3n) is 6.27. The molecule has 2 aromatic heterocycles. The molecule has 8 heteroatoms. The molecule has 1 saturated carbocycles. The molecule has 6 nitrogen and oxygen atoms in total. The van der Waals surface area contributed by atoms with E-state index < -0.39 is 29.5 Å². The number of aliphatic hydroxyl groups is 1. The Bertz CT molecular complexity index is 1150. The number of nitrogens with zero attached hydrogens (tertiary/aromatic N) is 3. The minimum absolute atomic E-state index is 0.100. The Morgan fingerprint density at radius 3 is 2.52 bits per heavy atom. The van der Waals surface area contributed by atoms with Crippen molar-refractivity contribution in [2.45, 2.75) is 57.3 Å². The number of halogens is 2. The third kappa shape index (κ3) is 4.75. The second-order valence-corrected chi connectivity index (χ2v) is 8.56. The van der Waals surface area contributed by atoms with Gasteiger partial charge in [0.25, 0.3) is 5.91 Å². The molecule has 1 aliphatic carbocycles. The van der Waals surface area contributed by atoms with E-state index in [-0.39, 0.29) is 31.4 Å². The van der Waals surface area contributed by atoms with E-state index in [9.17, 15) is 18.7 Å². The minimum Gasteiger partial charge on any atom is -0.387 e. The van der Waals surface area contributed by atoms with Crippen LogP contribution < -0.4 is 5.32 Å². The predicted octanol–water partition coefficient (Wildman–Crippen LogP) is 4.41. The number of hydrogen-bond donors (Lipinski definition) is 2. The number of alkyl halides is 1. The van der Waals surface area contributed by atoms with E-state index in [1.54, 1.807) is 50.5 Å². The van der Waals surface area contributed by atoms with Gasteiger partial charge in [0.2, 0.25) is 0 Å². The maximum Gasteiger partial charge on any atom is 0.271 e. The third-order valence-corrected chi connectivity index (χ3v) is 6.27. The van der Waals surface area contributed by atoms with Crippen molar-refractivity contribution in [3.8, 4) is 11.4 Å². The molecule has 0 spiro atoms. The standard InChI is InChI=1S/C25H26F2N4O2/c1-15-7-8-19(23-28-13-4-14-29-23)21(30-15)24(32)31-22(18-5-3-6-20(27)16(18)2)25(33)11-9-17(26)10-12-25/h3-8,13-14,17,22,33H,9-12H2,1-2H3,(H,31,32). The number of carbonyl (C=O) groups excluding carboxylic acids is 1. The highest BCUT2D eigenvalue weighted by Crippen LogP contribution is 2.41. The molecule has 1 atom stereocenters. The van der Waals surface area contributed by atoms with E-state index in [1.165, 1.54) is 12.1 Å². The van der Waals surface area contributed by atoms with Crippen molar-refractivity contribution in [3.05, 3.63) is 77.1 Å². The van der Waals surface area contributed by atoms with E-state index in [1.807, 2.05) is 0 Å². The van der Waals surface area contributed by atoms with Crippen LogP contribution in [-0.4, -0.2) is 37.7 Å². The average Bonchev–Trinajstić information content (AvgIpc) is 2.82. The van der Waals surface area contributed by atoms with Crippen molar-refractivity contribution in [1.29, 1.82) is 0 Å². The summed E-state index contributed by atoms with van der Waals surface area (Å²) in [6.07, 6.45) is 2.76. The van der Waals surface area contributed by atoms with Crippen LogP contribution in [-0.2, 0) is 0 Å². The zero-order valence-corrected chi connectivity index (χ0v) is 18.6. The molecule has 172 valence electrons. The summed E-state index contributed by atoms with van der Waals surface area (Å²) in [5, 5.41) is 14.4. The molecule has 0 bridgehead atoms. The Hall–Kier alpha value is -3.26. The molecule has 33 heavy (non-hydrogen) atoms. The molecule has 1 amide bonds. The molecule has 0 aliphatic heterocycles. The molecule has 1 aromatic carbocycles. The van der Waals surface area contributed by atoms with E-state index in [2.05, 4.69) is 20.3 Å².